The smallest absolute Gasteiger partial charge is 0.341 e. The van der Waals surface area contributed by atoms with Gasteiger partial charge in [-0.3, -0.25) is 0 Å². The molecular weight excluding hydrogens is 338 g/mol. The van der Waals surface area contributed by atoms with Crippen molar-refractivity contribution in [3.8, 4) is 11.1 Å². The van der Waals surface area contributed by atoms with Crippen molar-refractivity contribution in [2.45, 2.75) is 44.8 Å². The van der Waals surface area contributed by atoms with Gasteiger partial charge in [0.2, 0.25) is 0 Å². The van der Waals surface area contributed by atoms with E-state index in [2.05, 4.69) is 0 Å². The average molecular weight is 360 g/mol. The van der Waals surface area contributed by atoms with Crippen LogP contribution in [0.1, 0.15) is 43.0 Å². The number of rotatable bonds is 5. The predicted molar refractivity (Wildman–Crippen MR) is 94.9 cm³/mol. The Balaban J connectivity index is 1.64. The largest absolute Gasteiger partial charge is 0.459 e. The van der Waals surface area contributed by atoms with E-state index in [0.717, 1.165) is 25.7 Å². The van der Waals surface area contributed by atoms with Gasteiger partial charge in [0.25, 0.3) is 0 Å². The van der Waals surface area contributed by atoms with Gasteiger partial charge in [-0.2, -0.15) is 0 Å². The van der Waals surface area contributed by atoms with Crippen molar-refractivity contribution in [3.63, 3.8) is 0 Å². The lowest BCUT2D eigenvalue weighted by molar-refractivity contribution is -0.0165. The van der Waals surface area contributed by atoms with E-state index in [1.807, 2.05) is 6.92 Å². The number of hydrogen-bond donors (Lipinski definition) is 0. The Hall–Kier alpha value is -2.27. The quantitative estimate of drug-likeness (QED) is 0.693. The van der Waals surface area contributed by atoms with Crippen molar-refractivity contribution < 1.29 is 23.0 Å². The maximum absolute atomic E-state index is 14.4. The highest BCUT2D eigenvalue weighted by atomic mass is 19.1. The molecule has 1 aliphatic rings. The second-order valence-electron chi connectivity index (χ2n) is 6.46. The summed E-state index contributed by atoms with van der Waals surface area (Å²) in [5.41, 5.74) is 1.18. The van der Waals surface area contributed by atoms with Crippen LogP contribution in [0.3, 0.4) is 0 Å². The molecule has 0 N–H and O–H groups in total. The van der Waals surface area contributed by atoms with Gasteiger partial charge in [0.15, 0.2) is 0 Å². The van der Waals surface area contributed by atoms with Gasteiger partial charge in [-0.05, 0) is 68.0 Å². The van der Waals surface area contributed by atoms with Crippen LogP contribution >= 0.6 is 0 Å². The first-order valence-corrected chi connectivity index (χ1v) is 8.95. The molecule has 0 saturated heterocycles. The fourth-order valence-electron chi connectivity index (χ4n) is 3.27. The normalized spacial score (nSPS) is 20.0. The van der Waals surface area contributed by atoms with Crippen molar-refractivity contribution in [2.75, 3.05) is 6.61 Å². The van der Waals surface area contributed by atoms with E-state index in [9.17, 15) is 13.6 Å². The third kappa shape index (κ3) is 4.47. The van der Waals surface area contributed by atoms with Crippen LogP contribution in [-0.4, -0.2) is 24.8 Å². The van der Waals surface area contributed by atoms with E-state index in [0.29, 0.717) is 17.7 Å². The highest BCUT2D eigenvalue weighted by molar-refractivity contribution is 5.90. The molecule has 0 aliphatic heterocycles. The van der Waals surface area contributed by atoms with Crippen molar-refractivity contribution >= 4 is 5.97 Å². The summed E-state index contributed by atoms with van der Waals surface area (Å²) >= 11 is 0. The zero-order valence-electron chi connectivity index (χ0n) is 14.7. The molecular formula is C21H22F2O3. The molecule has 5 heteroatoms. The van der Waals surface area contributed by atoms with Gasteiger partial charge in [0.05, 0.1) is 11.7 Å². The van der Waals surface area contributed by atoms with Crippen LogP contribution < -0.4 is 0 Å². The maximum atomic E-state index is 14.4. The molecule has 26 heavy (non-hydrogen) atoms. The molecule has 0 aromatic heterocycles. The lowest BCUT2D eigenvalue weighted by Crippen LogP contribution is -2.28. The summed E-state index contributed by atoms with van der Waals surface area (Å²) in [5.74, 6) is -1.64. The Morgan fingerprint density at radius 1 is 0.962 bits per heavy atom. The van der Waals surface area contributed by atoms with E-state index >= 15 is 0 Å². The number of ether oxygens (including phenoxy) is 2. The molecule has 2 aromatic rings. The first kappa shape index (κ1) is 18.5. The summed E-state index contributed by atoms with van der Waals surface area (Å²) in [6, 6.07) is 10.1. The second kappa shape index (κ2) is 8.41. The van der Waals surface area contributed by atoms with Crippen molar-refractivity contribution in [1.29, 1.82) is 0 Å². The van der Waals surface area contributed by atoms with Crippen LogP contribution in [0.5, 0.6) is 0 Å². The highest BCUT2D eigenvalue weighted by Crippen LogP contribution is 2.26. The fourth-order valence-corrected chi connectivity index (χ4v) is 3.27. The van der Waals surface area contributed by atoms with E-state index in [4.69, 9.17) is 9.47 Å². The summed E-state index contributed by atoms with van der Waals surface area (Å²) in [5, 5.41) is 0. The Morgan fingerprint density at radius 2 is 1.58 bits per heavy atom. The molecule has 2 aromatic carbocycles. The van der Waals surface area contributed by atoms with Crippen molar-refractivity contribution in [3.05, 3.63) is 59.7 Å². The molecule has 1 aliphatic carbocycles. The Morgan fingerprint density at radius 3 is 2.19 bits per heavy atom. The number of halogens is 2. The monoisotopic (exact) mass is 360 g/mol. The van der Waals surface area contributed by atoms with Crippen molar-refractivity contribution in [1.82, 2.24) is 0 Å². The second-order valence-corrected chi connectivity index (χ2v) is 6.46. The van der Waals surface area contributed by atoms with Crippen LogP contribution in [0.25, 0.3) is 11.1 Å². The van der Waals surface area contributed by atoms with Gasteiger partial charge < -0.3 is 9.47 Å². The fraction of sp³-hybridized carbons (Fsp3) is 0.381. The minimum absolute atomic E-state index is 0.0807. The zero-order valence-corrected chi connectivity index (χ0v) is 14.7. The van der Waals surface area contributed by atoms with Crippen LogP contribution in [-0.2, 0) is 9.47 Å². The van der Waals surface area contributed by atoms with E-state index in [-0.39, 0.29) is 23.6 Å². The number of benzene rings is 2. The minimum Gasteiger partial charge on any atom is -0.459 e. The summed E-state index contributed by atoms with van der Waals surface area (Å²) in [6.45, 7) is 2.64. The SMILES string of the molecule is CCO[C@H]1CC[C@H](OC(=O)c2ccc(-c3ccc(F)cc3)cc2F)CC1. The maximum Gasteiger partial charge on any atom is 0.341 e. The molecule has 3 nitrogen and oxygen atoms in total. The molecule has 0 radical (unpaired) electrons. The van der Waals surface area contributed by atoms with E-state index in [1.165, 1.54) is 24.3 Å². The summed E-state index contributed by atoms with van der Waals surface area (Å²) in [4.78, 5) is 12.3. The highest BCUT2D eigenvalue weighted by Gasteiger charge is 2.25. The van der Waals surface area contributed by atoms with Crippen LogP contribution in [0.4, 0.5) is 8.78 Å². The van der Waals surface area contributed by atoms with Crippen molar-refractivity contribution in [2.24, 2.45) is 0 Å². The molecule has 0 atom stereocenters. The number of carbonyl (C=O) groups is 1. The lowest BCUT2D eigenvalue weighted by atomic mass is 9.95. The zero-order chi connectivity index (χ0) is 18.5. The van der Waals surface area contributed by atoms with E-state index in [1.54, 1.807) is 18.2 Å². The van der Waals surface area contributed by atoms with Crippen LogP contribution in [0.15, 0.2) is 42.5 Å². The molecule has 1 fully saturated rings. The summed E-state index contributed by atoms with van der Waals surface area (Å²) < 4.78 is 38.4. The van der Waals surface area contributed by atoms with Gasteiger partial charge in [0.1, 0.15) is 17.7 Å². The summed E-state index contributed by atoms with van der Waals surface area (Å²) in [6.07, 6.45) is 3.17. The molecule has 0 bridgehead atoms. The van der Waals surface area contributed by atoms with Gasteiger partial charge in [-0.1, -0.05) is 18.2 Å². The third-order valence-electron chi connectivity index (χ3n) is 4.66. The summed E-state index contributed by atoms with van der Waals surface area (Å²) in [7, 11) is 0. The first-order valence-electron chi connectivity index (χ1n) is 8.95. The molecule has 0 spiro atoms. The molecule has 138 valence electrons. The Labute approximate surface area is 151 Å². The molecule has 3 rings (SSSR count). The molecule has 1 saturated carbocycles. The Kier molecular flexibility index (Phi) is 5.99. The van der Waals surface area contributed by atoms with Crippen LogP contribution in [0, 0.1) is 11.6 Å². The van der Waals surface area contributed by atoms with Gasteiger partial charge in [-0.15, -0.1) is 0 Å². The molecule has 0 heterocycles. The van der Waals surface area contributed by atoms with Gasteiger partial charge >= 0.3 is 5.97 Å². The predicted octanol–water partition coefficient (Wildman–Crippen LogP) is 5.14. The van der Waals surface area contributed by atoms with E-state index < -0.39 is 11.8 Å². The third-order valence-corrected chi connectivity index (χ3v) is 4.66. The number of esters is 1. The number of carbonyl (C=O) groups excluding carboxylic acids is 1. The average Bonchev–Trinajstić information content (AvgIpc) is 2.64. The standard InChI is InChI=1S/C21H22F2O3/c1-2-25-17-8-10-18(11-9-17)26-21(24)19-12-5-15(13-20(19)23)14-3-6-16(22)7-4-14/h3-7,12-13,17-18H,2,8-11H2,1H3/t17-,18-. The lowest BCUT2D eigenvalue weighted by Gasteiger charge is -2.28. The Bertz CT molecular complexity index is 750. The van der Waals surface area contributed by atoms with Gasteiger partial charge in [-0.25, -0.2) is 13.6 Å². The van der Waals surface area contributed by atoms with Gasteiger partial charge in [0, 0.05) is 6.61 Å². The topological polar surface area (TPSA) is 35.5 Å². The minimum atomic E-state index is -0.645. The molecule has 0 amide bonds. The first-order chi connectivity index (χ1) is 12.6. The number of hydrogen-bond acceptors (Lipinski definition) is 3. The molecule has 0 unspecified atom stereocenters. The van der Waals surface area contributed by atoms with Crippen LogP contribution in [0.2, 0.25) is 0 Å².